The SMILES string of the molecule is Cc1cccc(CS(=O)(=O)c2ncc(Cl)c(C(=O)Oc3cccc(C)c3)n2)c1. The third-order valence-electron chi connectivity index (χ3n) is 3.83. The van der Waals surface area contributed by atoms with Gasteiger partial charge in [0, 0.05) is 0 Å². The number of aromatic nitrogens is 2. The van der Waals surface area contributed by atoms with Gasteiger partial charge in [-0.1, -0.05) is 53.6 Å². The molecule has 28 heavy (non-hydrogen) atoms. The number of hydrogen-bond donors (Lipinski definition) is 0. The molecule has 8 heteroatoms. The van der Waals surface area contributed by atoms with Gasteiger partial charge in [0.2, 0.25) is 15.0 Å². The first kappa shape index (κ1) is 20.0. The number of benzene rings is 2. The zero-order valence-corrected chi connectivity index (χ0v) is 16.8. The van der Waals surface area contributed by atoms with Gasteiger partial charge in [0.25, 0.3) is 0 Å². The molecule has 3 rings (SSSR count). The molecular formula is C20H17ClN2O4S. The van der Waals surface area contributed by atoms with Gasteiger partial charge in [0.05, 0.1) is 17.0 Å². The fraction of sp³-hybridized carbons (Fsp3) is 0.150. The second-order valence-electron chi connectivity index (χ2n) is 6.30. The van der Waals surface area contributed by atoms with Gasteiger partial charge in [0.1, 0.15) is 5.75 Å². The number of esters is 1. The number of carbonyl (C=O) groups excluding carboxylic acids is 1. The maximum atomic E-state index is 12.7. The summed E-state index contributed by atoms with van der Waals surface area (Å²) in [4.78, 5) is 20.1. The quantitative estimate of drug-likeness (QED) is 0.355. The van der Waals surface area contributed by atoms with E-state index in [-0.39, 0.29) is 16.5 Å². The van der Waals surface area contributed by atoms with Crippen LogP contribution in [0.4, 0.5) is 0 Å². The number of rotatable bonds is 5. The Morgan fingerprint density at radius 3 is 2.43 bits per heavy atom. The molecule has 0 fully saturated rings. The van der Waals surface area contributed by atoms with Crippen LogP contribution in [0.3, 0.4) is 0 Å². The maximum absolute atomic E-state index is 12.7. The van der Waals surface area contributed by atoms with Crippen molar-refractivity contribution in [3.05, 3.63) is 82.1 Å². The van der Waals surface area contributed by atoms with Crippen LogP contribution in [-0.2, 0) is 15.6 Å². The number of hydrogen-bond acceptors (Lipinski definition) is 6. The minimum Gasteiger partial charge on any atom is -0.422 e. The molecule has 6 nitrogen and oxygen atoms in total. The fourth-order valence-corrected chi connectivity index (χ4v) is 3.92. The van der Waals surface area contributed by atoms with Gasteiger partial charge in [-0.25, -0.2) is 23.2 Å². The molecule has 0 aliphatic heterocycles. The Balaban J connectivity index is 1.89. The van der Waals surface area contributed by atoms with Crippen LogP contribution in [0.2, 0.25) is 5.02 Å². The molecule has 0 aliphatic rings. The van der Waals surface area contributed by atoms with E-state index in [2.05, 4.69) is 9.97 Å². The largest absolute Gasteiger partial charge is 0.422 e. The summed E-state index contributed by atoms with van der Waals surface area (Å²) in [5, 5.41) is -0.568. The van der Waals surface area contributed by atoms with Crippen molar-refractivity contribution in [1.29, 1.82) is 0 Å². The van der Waals surface area contributed by atoms with Crippen LogP contribution in [0.1, 0.15) is 27.2 Å². The van der Waals surface area contributed by atoms with Gasteiger partial charge in [-0.2, -0.15) is 0 Å². The predicted molar refractivity (Wildman–Crippen MR) is 105 cm³/mol. The monoisotopic (exact) mass is 416 g/mol. The lowest BCUT2D eigenvalue weighted by Crippen LogP contribution is -2.16. The first-order valence-electron chi connectivity index (χ1n) is 8.34. The molecule has 0 unspecified atom stereocenters. The van der Waals surface area contributed by atoms with Crippen molar-refractivity contribution in [3.63, 3.8) is 0 Å². The summed E-state index contributed by atoms with van der Waals surface area (Å²) in [7, 11) is -3.87. The molecule has 1 aromatic heterocycles. The lowest BCUT2D eigenvalue weighted by atomic mass is 10.2. The molecule has 1 heterocycles. The van der Waals surface area contributed by atoms with Crippen LogP contribution in [0.15, 0.2) is 59.9 Å². The van der Waals surface area contributed by atoms with Crippen LogP contribution < -0.4 is 4.74 Å². The first-order chi connectivity index (χ1) is 13.2. The van der Waals surface area contributed by atoms with Crippen molar-refractivity contribution in [2.45, 2.75) is 24.8 Å². The van der Waals surface area contributed by atoms with Gasteiger partial charge in [0.15, 0.2) is 5.69 Å². The van der Waals surface area contributed by atoms with Gasteiger partial charge in [-0.3, -0.25) is 0 Å². The number of nitrogens with zero attached hydrogens (tertiary/aromatic N) is 2. The normalized spacial score (nSPS) is 11.2. The molecule has 0 saturated heterocycles. The van der Waals surface area contributed by atoms with E-state index in [9.17, 15) is 13.2 Å². The van der Waals surface area contributed by atoms with Gasteiger partial charge >= 0.3 is 5.97 Å². The van der Waals surface area contributed by atoms with Crippen molar-refractivity contribution >= 4 is 27.4 Å². The topological polar surface area (TPSA) is 86.2 Å². The molecule has 0 amide bonds. The molecular weight excluding hydrogens is 400 g/mol. The van der Waals surface area contributed by atoms with E-state index in [1.54, 1.807) is 36.4 Å². The molecule has 144 valence electrons. The smallest absolute Gasteiger partial charge is 0.364 e. The molecule has 0 atom stereocenters. The third kappa shape index (κ3) is 4.74. The molecule has 0 radical (unpaired) electrons. The number of ether oxygens (including phenoxy) is 1. The molecule has 2 aromatic carbocycles. The molecule has 0 spiro atoms. The summed E-state index contributed by atoms with van der Waals surface area (Å²) in [6.07, 6.45) is 1.09. The Morgan fingerprint density at radius 1 is 1.07 bits per heavy atom. The lowest BCUT2D eigenvalue weighted by Gasteiger charge is -2.08. The summed E-state index contributed by atoms with van der Waals surface area (Å²) >= 11 is 6.00. The van der Waals surface area contributed by atoms with E-state index in [0.29, 0.717) is 11.3 Å². The molecule has 0 N–H and O–H groups in total. The number of carbonyl (C=O) groups is 1. The molecule has 0 saturated carbocycles. The van der Waals surface area contributed by atoms with Gasteiger partial charge < -0.3 is 4.74 Å². The minimum atomic E-state index is -3.87. The van der Waals surface area contributed by atoms with Crippen LogP contribution in [-0.4, -0.2) is 24.4 Å². The van der Waals surface area contributed by atoms with Crippen molar-refractivity contribution in [2.24, 2.45) is 0 Å². The van der Waals surface area contributed by atoms with Crippen LogP contribution in [0.25, 0.3) is 0 Å². The highest BCUT2D eigenvalue weighted by molar-refractivity contribution is 7.90. The zero-order chi connectivity index (χ0) is 20.3. The Hall–Kier alpha value is -2.77. The summed E-state index contributed by atoms with van der Waals surface area (Å²) in [5.74, 6) is -0.836. The number of aryl methyl sites for hydroxylation is 2. The van der Waals surface area contributed by atoms with E-state index < -0.39 is 21.0 Å². The first-order valence-corrected chi connectivity index (χ1v) is 10.4. The van der Waals surface area contributed by atoms with E-state index in [4.69, 9.17) is 16.3 Å². The minimum absolute atomic E-state index is 0.0906. The fourth-order valence-electron chi connectivity index (χ4n) is 2.56. The number of sulfone groups is 1. The summed E-state index contributed by atoms with van der Waals surface area (Å²) < 4.78 is 30.6. The van der Waals surface area contributed by atoms with E-state index in [1.807, 2.05) is 26.0 Å². The third-order valence-corrected chi connectivity index (χ3v) is 5.58. The van der Waals surface area contributed by atoms with Crippen LogP contribution >= 0.6 is 11.6 Å². The Morgan fingerprint density at radius 2 is 1.75 bits per heavy atom. The highest BCUT2D eigenvalue weighted by atomic mass is 35.5. The van der Waals surface area contributed by atoms with Gasteiger partial charge in [-0.05, 0) is 37.1 Å². The maximum Gasteiger partial charge on any atom is 0.364 e. The van der Waals surface area contributed by atoms with Crippen molar-refractivity contribution in [3.8, 4) is 5.75 Å². The highest BCUT2D eigenvalue weighted by Crippen LogP contribution is 2.20. The Labute approximate surface area is 168 Å². The predicted octanol–water partition coefficient (Wildman–Crippen LogP) is 3.94. The van der Waals surface area contributed by atoms with E-state index in [1.165, 1.54) is 0 Å². The highest BCUT2D eigenvalue weighted by Gasteiger charge is 2.24. The number of halogens is 1. The van der Waals surface area contributed by atoms with Crippen LogP contribution in [0, 0.1) is 13.8 Å². The van der Waals surface area contributed by atoms with Crippen molar-refractivity contribution in [1.82, 2.24) is 9.97 Å². The average molecular weight is 417 g/mol. The average Bonchev–Trinajstić information content (AvgIpc) is 2.61. The van der Waals surface area contributed by atoms with Crippen molar-refractivity contribution < 1.29 is 17.9 Å². The Bertz CT molecular complexity index is 1150. The summed E-state index contributed by atoms with van der Waals surface area (Å²) in [5.41, 5.74) is 2.14. The lowest BCUT2D eigenvalue weighted by molar-refractivity contribution is 0.0727. The van der Waals surface area contributed by atoms with E-state index in [0.717, 1.165) is 17.3 Å². The second-order valence-corrected chi connectivity index (χ2v) is 8.59. The standard InChI is InChI=1S/C20H17ClN2O4S/c1-13-5-3-7-15(9-13)12-28(25,26)20-22-11-17(21)18(23-20)19(24)27-16-8-4-6-14(2)10-16/h3-11H,12H2,1-2H3. The Kier molecular flexibility index (Phi) is 5.76. The molecule has 0 bridgehead atoms. The molecule has 3 aromatic rings. The summed E-state index contributed by atoms with van der Waals surface area (Å²) in [6, 6.07) is 14.0. The zero-order valence-electron chi connectivity index (χ0n) is 15.2. The van der Waals surface area contributed by atoms with E-state index >= 15 is 0 Å². The summed E-state index contributed by atoms with van der Waals surface area (Å²) in [6.45, 7) is 3.72. The van der Waals surface area contributed by atoms with Crippen LogP contribution in [0.5, 0.6) is 5.75 Å². The molecule has 0 aliphatic carbocycles. The second kappa shape index (κ2) is 8.08. The van der Waals surface area contributed by atoms with Gasteiger partial charge in [-0.15, -0.1) is 0 Å². The van der Waals surface area contributed by atoms with Crippen molar-refractivity contribution in [2.75, 3.05) is 0 Å².